The average molecular weight is 252 g/mol. The molecule has 0 aliphatic heterocycles. The predicted octanol–water partition coefficient (Wildman–Crippen LogP) is 1.61. The minimum absolute atomic E-state index is 0.474. The van der Waals surface area contributed by atoms with Crippen LogP contribution in [0.25, 0.3) is 0 Å². The number of hydrogen-bond donors (Lipinski definition) is 1. The smallest absolute Gasteiger partial charge is 0.138 e. The van der Waals surface area contributed by atoms with Crippen LogP contribution in [-0.4, -0.2) is 26.0 Å². The topological polar surface area (TPSA) is 50.9 Å². The molecule has 0 saturated carbocycles. The third-order valence-electron chi connectivity index (χ3n) is 2.64. The van der Waals surface area contributed by atoms with Crippen molar-refractivity contribution in [3.05, 3.63) is 47.0 Å². The molecule has 1 aromatic heterocycles. The summed E-state index contributed by atoms with van der Waals surface area (Å²) >= 11 is 6.04. The maximum Gasteiger partial charge on any atom is 0.138 e. The molecule has 1 unspecified atom stereocenters. The number of nitrogens with zero attached hydrogens (tertiary/aromatic N) is 3. The minimum Gasteiger partial charge on any atom is -0.392 e. The second-order valence-electron chi connectivity index (χ2n) is 3.95. The fourth-order valence-corrected chi connectivity index (χ4v) is 1.92. The third-order valence-corrected chi connectivity index (χ3v) is 3.01. The largest absolute Gasteiger partial charge is 0.392 e. The fraction of sp³-hybridized carbons (Fsp3) is 0.333. The Morgan fingerprint density at radius 1 is 1.35 bits per heavy atom. The Hall–Kier alpha value is -1.39. The molecule has 1 heterocycles. The Balaban J connectivity index is 2.01. The first-order chi connectivity index (χ1) is 8.16. The van der Waals surface area contributed by atoms with Gasteiger partial charge in [0.2, 0.25) is 0 Å². The first kappa shape index (κ1) is 12.1. The van der Waals surface area contributed by atoms with Gasteiger partial charge in [0, 0.05) is 24.9 Å². The summed E-state index contributed by atoms with van der Waals surface area (Å²) in [6.45, 7) is 0. The van der Waals surface area contributed by atoms with E-state index in [-0.39, 0.29) is 0 Å². The number of hydrogen-bond acceptors (Lipinski definition) is 3. The van der Waals surface area contributed by atoms with Gasteiger partial charge in [-0.05, 0) is 11.6 Å². The summed E-state index contributed by atoms with van der Waals surface area (Å²) in [6, 6.07) is 7.53. The van der Waals surface area contributed by atoms with Crippen LogP contribution in [0.2, 0.25) is 5.02 Å². The summed E-state index contributed by atoms with van der Waals surface area (Å²) in [4.78, 5) is 4.08. The lowest BCUT2D eigenvalue weighted by atomic mass is 10.1. The van der Waals surface area contributed by atoms with Crippen molar-refractivity contribution in [3.63, 3.8) is 0 Å². The number of aliphatic hydroxyl groups is 1. The van der Waals surface area contributed by atoms with Crippen LogP contribution in [0.5, 0.6) is 0 Å². The lowest BCUT2D eigenvalue weighted by molar-refractivity contribution is 0.171. The normalized spacial score (nSPS) is 12.6. The van der Waals surface area contributed by atoms with Gasteiger partial charge in [-0.25, -0.2) is 4.98 Å². The van der Waals surface area contributed by atoms with Crippen LogP contribution < -0.4 is 0 Å². The van der Waals surface area contributed by atoms with Gasteiger partial charge in [0.15, 0.2) is 0 Å². The Labute approximate surface area is 105 Å². The van der Waals surface area contributed by atoms with E-state index in [1.807, 2.05) is 31.3 Å². The zero-order chi connectivity index (χ0) is 12.3. The molecule has 90 valence electrons. The van der Waals surface area contributed by atoms with Gasteiger partial charge < -0.3 is 5.11 Å². The summed E-state index contributed by atoms with van der Waals surface area (Å²) in [5, 5.41) is 14.6. The van der Waals surface area contributed by atoms with Crippen LogP contribution in [0.3, 0.4) is 0 Å². The van der Waals surface area contributed by atoms with Gasteiger partial charge in [-0.2, -0.15) is 5.10 Å². The van der Waals surface area contributed by atoms with E-state index in [1.54, 1.807) is 4.68 Å². The molecule has 1 atom stereocenters. The highest BCUT2D eigenvalue weighted by molar-refractivity contribution is 6.31. The molecular formula is C12H14ClN3O. The standard InChI is InChI=1S/C12H14ClN3O/c1-16-12(14-8-15-16)7-10(17)6-9-4-2-3-5-11(9)13/h2-5,8,10,17H,6-7H2,1H3. The zero-order valence-electron chi connectivity index (χ0n) is 9.55. The molecule has 4 nitrogen and oxygen atoms in total. The average Bonchev–Trinajstić information content (AvgIpc) is 2.68. The van der Waals surface area contributed by atoms with Crippen molar-refractivity contribution < 1.29 is 5.11 Å². The summed E-state index contributed by atoms with van der Waals surface area (Å²) in [6.07, 6.45) is 1.98. The summed E-state index contributed by atoms with van der Waals surface area (Å²) in [7, 11) is 1.81. The van der Waals surface area contributed by atoms with Crippen LogP contribution in [0, 0.1) is 0 Å². The molecule has 0 amide bonds. The Kier molecular flexibility index (Phi) is 3.76. The second-order valence-corrected chi connectivity index (χ2v) is 4.36. The highest BCUT2D eigenvalue weighted by Gasteiger charge is 2.12. The van der Waals surface area contributed by atoms with E-state index in [9.17, 15) is 5.11 Å². The van der Waals surface area contributed by atoms with Crippen molar-refractivity contribution in [2.75, 3.05) is 0 Å². The maximum absolute atomic E-state index is 9.98. The highest BCUT2D eigenvalue weighted by atomic mass is 35.5. The van der Waals surface area contributed by atoms with Crippen molar-refractivity contribution in [1.29, 1.82) is 0 Å². The molecule has 1 aromatic carbocycles. The molecule has 1 N–H and O–H groups in total. The van der Waals surface area contributed by atoms with Crippen molar-refractivity contribution in [2.24, 2.45) is 7.05 Å². The Morgan fingerprint density at radius 2 is 2.12 bits per heavy atom. The summed E-state index contributed by atoms with van der Waals surface area (Å²) in [5.41, 5.74) is 0.948. The number of benzene rings is 1. The molecule has 0 bridgehead atoms. The molecule has 5 heteroatoms. The highest BCUT2D eigenvalue weighted by Crippen LogP contribution is 2.17. The number of halogens is 1. The zero-order valence-corrected chi connectivity index (χ0v) is 10.3. The van der Waals surface area contributed by atoms with Crippen molar-refractivity contribution >= 4 is 11.6 Å². The van der Waals surface area contributed by atoms with E-state index >= 15 is 0 Å². The molecule has 2 rings (SSSR count). The van der Waals surface area contributed by atoms with Crippen LogP contribution >= 0.6 is 11.6 Å². The molecule has 0 fully saturated rings. The van der Waals surface area contributed by atoms with Gasteiger partial charge in [0.05, 0.1) is 6.10 Å². The minimum atomic E-state index is -0.502. The SMILES string of the molecule is Cn1ncnc1CC(O)Cc1ccccc1Cl. The van der Waals surface area contributed by atoms with Crippen molar-refractivity contribution in [2.45, 2.75) is 18.9 Å². The van der Waals surface area contributed by atoms with Crippen molar-refractivity contribution in [1.82, 2.24) is 14.8 Å². The quantitative estimate of drug-likeness (QED) is 0.898. The summed E-state index contributed by atoms with van der Waals surface area (Å²) < 4.78 is 1.66. The third kappa shape index (κ3) is 3.05. The number of aryl methyl sites for hydroxylation is 1. The number of rotatable bonds is 4. The van der Waals surface area contributed by atoms with Gasteiger partial charge in [-0.15, -0.1) is 0 Å². The first-order valence-electron chi connectivity index (χ1n) is 5.41. The lowest BCUT2D eigenvalue weighted by Gasteiger charge is -2.11. The summed E-state index contributed by atoms with van der Waals surface area (Å²) in [5.74, 6) is 0.768. The van der Waals surface area contributed by atoms with Crippen molar-refractivity contribution in [3.8, 4) is 0 Å². The van der Waals surface area contributed by atoms with E-state index < -0.39 is 6.10 Å². The Morgan fingerprint density at radius 3 is 2.76 bits per heavy atom. The molecule has 0 spiro atoms. The van der Waals surface area contributed by atoms with E-state index in [4.69, 9.17) is 11.6 Å². The second kappa shape index (κ2) is 5.29. The molecule has 2 aromatic rings. The van der Waals surface area contributed by atoms with Gasteiger partial charge >= 0.3 is 0 Å². The lowest BCUT2D eigenvalue weighted by Crippen LogP contribution is -2.17. The van der Waals surface area contributed by atoms with E-state index in [2.05, 4.69) is 10.1 Å². The molecule has 0 saturated heterocycles. The van der Waals surface area contributed by atoms with E-state index in [0.717, 1.165) is 11.4 Å². The fourth-order valence-electron chi connectivity index (χ4n) is 1.71. The molecule has 17 heavy (non-hydrogen) atoms. The van der Waals surface area contributed by atoms with Gasteiger partial charge in [-0.3, -0.25) is 4.68 Å². The molecule has 0 aliphatic carbocycles. The van der Waals surface area contributed by atoms with Crippen LogP contribution in [0.4, 0.5) is 0 Å². The molecule has 0 radical (unpaired) electrons. The van der Waals surface area contributed by atoms with Gasteiger partial charge in [-0.1, -0.05) is 29.8 Å². The van der Waals surface area contributed by atoms with Crippen LogP contribution in [0.1, 0.15) is 11.4 Å². The molecular weight excluding hydrogens is 238 g/mol. The molecule has 0 aliphatic rings. The number of aliphatic hydroxyl groups excluding tert-OH is 1. The first-order valence-corrected chi connectivity index (χ1v) is 5.79. The van der Waals surface area contributed by atoms with Crippen LogP contribution in [-0.2, 0) is 19.9 Å². The van der Waals surface area contributed by atoms with E-state index in [0.29, 0.717) is 17.9 Å². The van der Waals surface area contributed by atoms with Gasteiger partial charge in [0.25, 0.3) is 0 Å². The number of aromatic nitrogens is 3. The maximum atomic E-state index is 9.98. The monoisotopic (exact) mass is 251 g/mol. The van der Waals surface area contributed by atoms with E-state index in [1.165, 1.54) is 6.33 Å². The van der Waals surface area contributed by atoms with Crippen LogP contribution in [0.15, 0.2) is 30.6 Å². The predicted molar refractivity (Wildman–Crippen MR) is 65.9 cm³/mol. The Bertz CT molecular complexity index is 498. The van der Waals surface area contributed by atoms with Gasteiger partial charge in [0.1, 0.15) is 12.2 Å².